The van der Waals surface area contributed by atoms with Crippen molar-refractivity contribution >= 4 is 31.6 Å². The van der Waals surface area contributed by atoms with E-state index in [0.717, 1.165) is 12.5 Å². The summed E-state index contributed by atoms with van der Waals surface area (Å²) < 4.78 is 44.4. The molecule has 2 atom stereocenters. The third kappa shape index (κ3) is 3.90. The van der Waals surface area contributed by atoms with E-state index in [4.69, 9.17) is 5.11 Å². The second-order valence-electron chi connectivity index (χ2n) is 4.83. The molecule has 10 heteroatoms. The van der Waals surface area contributed by atoms with Gasteiger partial charge >= 0.3 is 5.97 Å². The molecule has 1 aliphatic carbocycles. The van der Waals surface area contributed by atoms with Crippen molar-refractivity contribution in [1.29, 1.82) is 0 Å². The molecule has 8 nitrogen and oxygen atoms in total. The summed E-state index contributed by atoms with van der Waals surface area (Å²) in [5.41, 5.74) is -1.54. The van der Waals surface area contributed by atoms with E-state index in [9.17, 15) is 26.4 Å². The first kappa shape index (κ1) is 15.9. The molecule has 1 rings (SSSR count). The van der Waals surface area contributed by atoms with Crippen molar-refractivity contribution in [1.82, 2.24) is 5.32 Å². The first-order valence-corrected chi connectivity index (χ1v) is 9.27. The monoisotopic (exact) mass is 313 g/mol. The van der Waals surface area contributed by atoms with Gasteiger partial charge in [-0.3, -0.25) is 9.59 Å². The topological polar surface area (TPSA) is 135 Å². The number of carbonyl (C=O) groups is 2. The molecule has 0 heterocycles. The number of amides is 1. The first-order chi connectivity index (χ1) is 8.38. The summed E-state index contributed by atoms with van der Waals surface area (Å²) in [5, 5.41) is 10.2. The molecule has 1 fully saturated rings. The van der Waals surface area contributed by atoms with E-state index in [-0.39, 0.29) is 6.42 Å². The normalized spacial score (nSPS) is 26.7. The van der Waals surface area contributed by atoms with Crippen LogP contribution in [0.5, 0.6) is 0 Å². The van der Waals surface area contributed by atoms with Gasteiger partial charge in [0, 0.05) is 19.1 Å². The Bertz CT molecular complexity index is 606. The highest BCUT2D eigenvalue weighted by Crippen LogP contribution is 2.50. The van der Waals surface area contributed by atoms with Crippen LogP contribution in [0.1, 0.15) is 6.42 Å². The second kappa shape index (κ2) is 4.75. The van der Waals surface area contributed by atoms with Gasteiger partial charge < -0.3 is 10.4 Å². The fourth-order valence-electron chi connectivity index (χ4n) is 1.87. The Morgan fingerprint density at radius 2 is 1.79 bits per heavy atom. The average Bonchev–Trinajstić information content (AvgIpc) is 2.87. The minimum absolute atomic E-state index is 0.0830. The summed E-state index contributed by atoms with van der Waals surface area (Å²) in [4.78, 5) is 22.4. The molecule has 1 amide bonds. The van der Waals surface area contributed by atoms with Crippen LogP contribution in [0.4, 0.5) is 0 Å². The van der Waals surface area contributed by atoms with Crippen molar-refractivity contribution in [3.63, 3.8) is 0 Å². The van der Waals surface area contributed by atoms with Crippen molar-refractivity contribution in [2.24, 2.45) is 5.41 Å². The van der Waals surface area contributed by atoms with Crippen LogP contribution in [0.2, 0.25) is 0 Å². The SMILES string of the molecule is CS(=O)(=O)CC(=O)NC[C@]1(C(=O)O)C[C@@H]1S(C)(=O)=O. The minimum Gasteiger partial charge on any atom is -0.481 e. The van der Waals surface area contributed by atoms with Crippen LogP contribution in [-0.4, -0.2) is 63.9 Å². The number of aliphatic carboxylic acids is 1. The summed E-state index contributed by atoms with van der Waals surface area (Å²) in [6, 6.07) is 0. The number of carboxylic acids is 1. The second-order valence-corrected chi connectivity index (χ2v) is 9.20. The predicted molar refractivity (Wildman–Crippen MR) is 66.0 cm³/mol. The molecule has 110 valence electrons. The lowest BCUT2D eigenvalue weighted by atomic mass is 10.1. The van der Waals surface area contributed by atoms with Crippen LogP contribution < -0.4 is 5.32 Å². The van der Waals surface area contributed by atoms with Crippen LogP contribution in [0, 0.1) is 5.41 Å². The maximum absolute atomic E-state index is 11.3. The van der Waals surface area contributed by atoms with E-state index in [1.165, 1.54) is 0 Å². The molecule has 0 bridgehead atoms. The van der Waals surface area contributed by atoms with E-state index >= 15 is 0 Å². The van der Waals surface area contributed by atoms with Gasteiger partial charge in [0.1, 0.15) is 11.2 Å². The molecule has 0 aromatic carbocycles. The molecule has 0 radical (unpaired) electrons. The maximum Gasteiger partial charge on any atom is 0.312 e. The molecule has 1 aliphatic rings. The van der Waals surface area contributed by atoms with Gasteiger partial charge in [-0.25, -0.2) is 16.8 Å². The summed E-state index contributed by atoms with van der Waals surface area (Å²) in [6.45, 7) is -0.394. The molecular formula is C9H15NO7S2. The lowest BCUT2D eigenvalue weighted by Gasteiger charge is -2.12. The smallest absolute Gasteiger partial charge is 0.312 e. The van der Waals surface area contributed by atoms with Crippen molar-refractivity contribution in [2.45, 2.75) is 11.7 Å². The zero-order valence-electron chi connectivity index (χ0n) is 10.4. The quantitative estimate of drug-likeness (QED) is 0.581. The first-order valence-electron chi connectivity index (χ1n) is 5.25. The van der Waals surface area contributed by atoms with Crippen LogP contribution in [0.3, 0.4) is 0 Å². The van der Waals surface area contributed by atoms with Crippen LogP contribution >= 0.6 is 0 Å². The standard InChI is InChI=1S/C9H15NO7S2/c1-18(14,15)4-7(11)10-5-9(8(12)13)3-6(9)19(2,16)17/h6H,3-5H2,1-2H3,(H,10,11)(H,12,13)/t6-,9+/m0/s1. The summed E-state index contributed by atoms with van der Waals surface area (Å²) in [7, 11) is -7.03. The Balaban J connectivity index is 2.70. The number of hydrogen-bond acceptors (Lipinski definition) is 6. The van der Waals surface area contributed by atoms with Crippen molar-refractivity contribution in [3.05, 3.63) is 0 Å². The number of carbonyl (C=O) groups excluding carboxylic acids is 1. The third-order valence-corrected chi connectivity index (χ3v) is 5.38. The van der Waals surface area contributed by atoms with Gasteiger partial charge in [-0.1, -0.05) is 0 Å². The van der Waals surface area contributed by atoms with Gasteiger partial charge in [-0.2, -0.15) is 0 Å². The fraction of sp³-hybridized carbons (Fsp3) is 0.778. The Labute approximate surface area is 111 Å². The molecule has 0 unspecified atom stereocenters. The number of carboxylic acid groups (broad SMARTS) is 1. The fourth-order valence-corrected chi connectivity index (χ4v) is 4.05. The summed E-state index contributed by atoms with van der Waals surface area (Å²) >= 11 is 0. The Morgan fingerprint density at radius 1 is 1.26 bits per heavy atom. The number of hydrogen-bond donors (Lipinski definition) is 2. The Hall–Kier alpha value is -1.16. The highest BCUT2D eigenvalue weighted by atomic mass is 32.2. The van der Waals surface area contributed by atoms with Gasteiger partial charge in [0.05, 0.1) is 5.25 Å². The predicted octanol–water partition coefficient (Wildman–Crippen LogP) is -1.96. The average molecular weight is 313 g/mol. The van der Waals surface area contributed by atoms with Gasteiger partial charge in [-0.15, -0.1) is 0 Å². The molecule has 2 N–H and O–H groups in total. The van der Waals surface area contributed by atoms with E-state index in [0.29, 0.717) is 0 Å². The molecule has 19 heavy (non-hydrogen) atoms. The van der Waals surface area contributed by atoms with Crippen LogP contribution in [0.15, 0.2) is 0 Å². The third-order valence-electron chi connectivity index (χ3n) is 2.94. The zero-order chi connectivity index (χ0) is 15.1. The number of nitrogens with one attached hydrogen (secondary N) is 1. The lowest BCUT2D eigenvalue weighted by Crippen LogP contribution is -2.39. The number of sulfone groups is 2. The van der Waals surface area contributed by atoms with Crippen molar-refractivity contribution in [2.75, 3.05) is 24.8 Å². The molecule has 0 aromatic rings. The van der Waals surface area contributed by atoms with Gasteiger partial charge in [0.2, 0.25) is 5.91 Å². The van der Waals surface area contributed by atoms with E-state index in [2.05, 4.69) is 5.32 Å². The summed E-state index contributed by atoms with van der Waals surface area (Å²) in [5.74, 6) is -2.92. The molecule has 0 aromatic heterocycles. The van der Waals surface area contributed by atoms with E-state index in [1.54, 1.807) is 0 Å². The largest absolute Gasteiger partial charge is 0.481 e. The van der Waals surface area contributed by atoms with Gasteiger partial charge in [0.25, 0.3) is 0 Å². The van der Waals surface area contributed by atoms with E-state index < -0.39 is 54.5 Å². The van der Waals surface area contributed by atoms with Crippen LogP contribution in [0.25, 0.3) is 0 Å². The summed E-state index contributed by atoms with van der Waals surface area (Å²) in [6.07, 6.45) is 1.72. The molecule has 0 aliphatic heterocycles. The zero-order valence-corrected chi connectivity index (χ0v) is 12.0. The Kier molecular flexibility index (Phi) is 3.97. The Morgan fingerprint density at radius 3 is 2.11 bits per heavy atom. The number of rotatable bonds is 6. The van der Waals surface area contributed by atoms with Gasteiger partial charge in [-0.05, 0) is 6.42 Å². The highest BCUT2D eigenvalue weighted by Gasteiger charge is 2.65. The van der Waals surface area contributed by atoms with E-state index in [1.807, 2.05) is 0 Å². The lowest BCUT2D eigenvalue weighted by molar-refractivity contribution is -0.143. The van der Waals surface area contributed by atoms with Gasteiger partial charge in [0.15, 0.2) is 19.7 Å². The van der Waals surface area contributed by atoms with Crippen molar-refractivity contribution in [3.8, 4) is 0 Å². The minimum atomic E-state index is -3.52. The molecule has 0 saturated heterocycles. The van der Waals surface area contributed by atoms with Crippen molar-refractivity contribution < 1.29 is 31.5 Å². The molecule has 0 spiro atoms. The molecular weight excluding hydrogens is 298 g/mol. The van der Waals surface area contributed by atoms with Crippen LogP contribution in [-0.2, 0) is 29.3 Å². The maximum atomic E-state index is 11.3. The molecule has 1 saturated carbocycles. The highest BCUT2D eigenvalue weighted by molar-refractivity contribution is 7.91.